The highest BCUT2D eigenvalue weighted by molar-refractivity contribution is 9.10. The number of ether oxygens (including phenoxy) is 1. The van der Waals surface area contributed by atoms with E-state index in [9.17, 15) is 4.79 Å². The van der Waals surface area contributed by atoms with Gasteiger partial charge in [-0.1, -0.05) is 45.7 Å². The second-order valence-electron chi connectivity index (χ2n) is 6.09. The van der Waals surface area contributed by atoms with E-state index in [-0.39, 0.29) is 23.5 Å². The van der Waals surface area contributed by atoms with Gasteiger partial charge in [0.25, 0.3) is 5.91 Å². The number of carbonyl (C=O) groups is 1. The van der Waals surface area contributed by atoms with Crippen molar-refractivity contribution in [1.29, 1.82) is 0 Å². The summed E-state index contributed by atoms with van der Waals surface area (Å²) in [6, 6.07) is 11.5. The van der Waals surface area contributed by atoms with Gasteiger partial charge in [-0.25, -0.2) is 0 Å². The van der Waals surface area contributed by atoms with Crippen molar-refractivity contribution in [3.05, 3.63) is 56.5 Å². The summed E-state index contributed by atoms with van der Waals surface area (Å²) >= 11 is 12.1. The molecule has 26 heavy (non-hydrogen) atoms. The molecule has 2 N–H and O–H groups in total. The van der Waals surface area contributed by atoms with Crippen molar-refractivity contribution in [1.82, 2.24) is 5.32 Å². The molecule has 0 unspecified atom stereocenters. The predicted octanol–water partition coefficient (Wildman–Crippen LogP) is 5.54. The zero-order valence-corrected chi connectivity index (χ0v) is 18.7. The Morgan fingerprint density at radius 1 is 1.19 bits per heavy atom. The monoisotopic (exact) mass is 498 g/mol. The molecular weight excluding hydrogens is 480 g/mol. The van der Waals surface area contributed by atoms with Crippen LogP contribution in [0.5, 0.6) is 5.75 Å². The molecule has 0 fully saturated rings. The van der Waals surface area contributed by atoms with Crippen molar-refractivity contribution in [3.63, 3.8) is 0 Å². The number of halogens is 2. The largest absolute Gasteiger partial charge is 0.483 e. The Kier molecular flexibility index (Phi) is 7.61. The van der Waals surface area contributed by atoms with E-state index >= 15 is 0 Å². The lowest BCUT2D eigenvalue weighted by Gasteiger charge is -2.16. The van der Waals surface area contributed by atoms with Crippen LogP contribution in [0, 0.1) is 6.92 Å². The number of hydrogen-bond donors (Lipinski definition) is 2. The molecule has 1 amide bonds. The lowest BCUT2D eigenvalue weighted by Crippen LogP contribution is -2.37. The molecule has 0 saturated carbocycles. The van der Waals surface area contributed by atoms with E-state index in [4.69, 9.17) is 17.0 Å². The zero-order chi connectivity index (χ0) is 19.3. The molecular formula is C19H20Br2N2O2S. The van der Waals surface area contributed by atoms with Gasteiger partial charge < -0.3 is 10.1 Å². The number of carbonyl (C=O) groups excluding carboxylic acids is 1. The molecule has 0 spiro atoms. The molecule has 0 heterocycles. The quantitative estimate of drug-likeness (QED) is 0.530. The fourth-order valence-corrected chi connectivity index (χ4v) is 3.11. The van der Waals surface area contributed by atoms with Crippen molar-refractivity contribution in [2.24, 2.45) is 0 Å². The maximum absolute atomic E-state index is 12.1. The third-order valence-electron chi connectivity index (χ3n) is 3.63. The van der Waals surface area contributed by atoms with Crippen molar-refractivity contribution < 1.29 is 9.53 Å². The van der Waals surface area contributed by atoms with Crippen LogP contribution in [0.15, 0.2) is 45.3 Å². The number of rotatable bonds is 5. The number of thiocarbonyl (C=S) groups is 1. The number of benzene rings is 2. The fourth-order valence-electron chi connectivity index (χ4n) is 2.25. The van der Waals surface area contributed by atoms with Crippen LogP contribution in [0.1, 0.15) is 30.9 Å². The summed E-state index contributed by atoms with van der Waals surface area (Å²) in [5, 5.41) is 5.82. The predicted molar refractivity (Wildman–Crippen MR) is 117 cm³/mol. The molecule has 0 saturated heterocycles. The normalized spacial score (nSPS) is 10.5. The maximum Gasteiger partial charge on any atom is 0.264 e. The Morgan fingerprint density at radius 3 is 2.46 bits per heavy atom. The smallest absolute Gasteiger partial charge is 0.264 e. The van der Waals surface area contributed by atoms with E-state index < -0.39 is 0 Å². The van der Waals surface area contributed by atoms with Gasteiger partial charge in [-0.15, -0.1) is 0 Å². The minimum absolute atomic E-state index is 0.108. The lowest BCUT2D eigenvalue weighted by molar-refractivity contribution is -0.121. The molecule has 2 rings (SSSR count). The first-order valence-corrected chi connectivity index (χ1v) is 10.0. The Hall–Kier alpha value is -1.44. The van der Waals surface area contributed by atoms with Crippen molar-refractivity contribution in [3.8, 4) is 5.75 Å². The Balaban J connectivity index is 1.93. The van der Waals surface area contributed by atoms with Crippen LogP contribution < -0.4 is 15.4 Å². The van der Waals surface area contributed by atoms with E-state index in [1.54, 1.807) is 0 Å². The van der Waals surface area contributed by atoms with Crippen LogP contribution >= 0.6 is 44.1 Å². The molecule has 7 heteroatoms. The number of aryl methyl sites for hydroxylation is 1. The SMILES string of the molecule is Cc1cc(OCC(=O)NC(=S)Nc2ccc(Br)cc2)c(C(C)C)cc1Br. The summed E-state index contributed by atoms with van der Waals surface area (Å²) in [6.45, 7) is 6.05. The molecule has 2 aromatic rings. The maximum atomic E-state index is 12.1. The molecule has 0 radical (unpaired) electrons. The Labute approximate surface area is 176 Å². The third kappa shape index (κ3) is 6.07. The third-order valence-corrected chi connectivity index (χ3v) is 5.21. The topological polar surface area (TPSA) is 50.4 Å². The average Bonchev–Trinajstić information content (AvgIpc) is 2.57. The van der Waals surface area contributed by atoms with Crippen molar-refractivity contribution >= 4 is 60.8 Å². The van der Waals surface area contributed by atoms with E-state index in [2.05, 4.69) is 56.3 Å². The molecule has 2 aromatic carbocycles. The molecule has 0 aliphatic rings. The van der Waals surface area contributed by atoms with Crippen LogP contribution in [0.25, 0.3) is 0 Å². The lowest BCUT2D eigenvalue weighted by atomic mass is 10.0. The Morgan fingerprint density at radius 2 is 1.85 bits per heavy atom. The van der Waals surface area contributed by atoms with Gasteiger partial charge in [-0.2, -0.15) is 0 Å². The highest BCUT2D eigenvalue weighted by atomic mass is 79.9. The second kappa shape index (κ2) is 9.48. The van der Waals surface area contributed by atoms with Crippen LogP contribution in [0.2, 0.25) is 0 Å². The fraction of sp³-hybridized carbons (Fsp3) is 0.263. The first kappa shape index (κ1) is 20.9. The van der Waals surface area contributed by atoms with Crippen molar-refractivity contribution in [2.75, 3.05) is 11.9 Å². The van der Waals surface area contributed by atoms with Gasteiger partial charge in [-0.05, 0) is 72.6 Å². The summed E-state index contributed by atoms with van der Waals surface area (Å²) < 4.78 is 7.73. The summed E-state index contributed by atoms with van der Waals surface area (Å²) in [6.07, 6.45) is 0. The van der Waals surface area contributed by atoms with Gasteiger partial charge in [-0.3, -0.25) is 10.1 Å². The molecule has 0 aromatic heterocycles. The number of amides is 1. The Bertz CT molecular complexity index is 808. The number of hydrogen-bond acceptors (Lipinski definition) is 3. The van der Waals surface area contributed by atoms with E-state index in [0.29, 0.717) is 5.75 Å². The first-order valence-electron chi connectivity index (χ1n) is 8.05. The van der Waals surface area contributed by atoms with Gasteiger partial charge >= 0.3 is 0 Å². The van der Waals surface area contributed by atoms with E-state index in [1.165, 1.54) is 0 Å². The van der Waals surface area contributed by atoms with Gasteiger partial charge in [0.05, 0.1) is 0 Å². The van der Waals surface area contributed by atoms with Crippen LogP contribution in [0.4, 0.5) is 5.69 Å². The van der Waals surface area contributed by atoms with Crippen LogP contribution in [-0.4, -0.2) is 17.6 Å². The average molecular weight is 500 g/mol. The van der Waals surface area contributed by atoms with Crippen LogP contribution in [-0.2, 0) is 4.79 Å². The van der Waals surface area contributed by atoms with Gasteiger partial charge in [0, 0.05) is 14.6 Å². The minimum atomic E-state index is -0.310. The van der Waals surface area contributed by atoms with Crippen LogP contribution in [0.3, 0.4) is 0 Å². The minimum Gasteiger partial charge on any atom is -0.483 e. The molecule has 0 aliphatic heterocycles. The van der Waals surface area contributed by atoms with Gasteiger partial charge in [0.1, 0.15) is 5.75 Å². The highest BCUT2D eigenvalue weighted by Gasteiger charge is 2.13. The molecule has 138 valence electrons. The molecule has 4 nitrogen and oxygen atoms in total. The summed E-state index contributed by atoms with van der Waals surface area (Å²) in [7, 11) is 0. The van der Waals surface area contributed by atoms with Gasteiger partial charge in [0.2, 0.25) is 0 Å². The number of nitrogens with one attached hydrogen (secondary N) is 2. The molecule has 0 atom stereocenters. The van der Waals surface area contributed by atoms with Crippen molar-refractivity contribution in [2.45, 2.75) is 26.7 Å². The molecule has 0 bridgehead atoms. The second-order valence-corrected chi connectivity index (χ2v) is 8.27. The van der Waals surface area contributed by atoms with E-state index in [1.807, 2.05) is 43.3 Å². The standard InChI is InChI=1S/C19H20Br2N2O2S/c1-11(2)15-9-16(21)12(3)8-17(15)25-10-18(24)23-19(26)22-14-6-4-13(20)5-7-14/h4-9,11H,10H2,1-3H3,(H2,22,23,24,26). The summed E-state index contributed by atoms with van der Waals surface area (Å²) in [4.78, 5) is 12.1. The number of anilines is 1. The first-order chi connectivity index (χ1) is 12.3. The highest BCUT2D eigenvalue weighted by Crippen LogP contribution is 2.32. The zero-order valence-electron chi connectivity index (χ0n) is 14.7. The summed E-state index contributed by atoms with van der Waals surface area (Å²) in [5.74, 6) is 0.683. The summed E-state index contributed by atoms with van der Waals surface area (Å²) in [5.41, 5.74) is 2.90. The van der Waals surface area contributed by atoms with E-state index in [0.717, 1.165) is 25.8 Å². The van der Waals surface area contributed by atoms with Gasteiger partial charge in [0.15, 0.2) is 11.7 Å². The molecule has 0 aliphatic carbocycles.